The molecule has 0 fully saturated rings. The Morgan fingerprint density at radius 1 is 0.521 bits per heavy atom. The Balaban J connectivity index is 0.000000222. The summed E-state index contributed by atoms with van der Waals surface area (Å²) in [7, 11) is 8.37. The van der Waals surface area contributed by atoms with Crippen molar-refractivity contribution in [3.05, 3.63) is 276 Å². The van der Waals surface area contributed by atoms with Gasteiger partial charge in [-0.25, -0.2) is 4.79 Å². The number of aromatic nitrogens is 4. The Morgan fingerprint density at radius 2 is 0.891 bits per heavy atom. The first-order valence-corrected chi connectivity index (χ1v) is 39.4. The van der Waals surface area contributed by atoms with Gasteiger partial charge in [0.2, 0.25) is 23.2 Å². The van der Waals surface area contributed by atoms with E-state index < -0.39 is 68.3 Å². The van der Waals surface area contributed by atoms with Crippen LogP contribution in [0.1, 0.15) is 76.3 Å². The van der Waals surface area contributed by atoms with Crippen LogP contribution in [0.25, 0.3) is 45.0 Å². The smallest absolute Gasteiger partial charge is 0.418 e. The number of nitrogens with two attached hydrogens (primary N) is 1. The highest BCUT2D eigenvalue weighted by atomic mass is 35.5. The Bertz CT molecular complexity index is 4880. The lowest BCUT2D eigenvalue weighted by molar-refractivity contribution is -0.740. The van der Waals surface area contributed by atoms with Crippen LogP contribution in [-0.4, -0.2) is 108 Å². The molecule has 0 saturated carbocycles. The number of aliphatic carboxylic acids is 3. The fraction of sp³-hybridized carbons (Fsp3) is 0.261. The molecule has 0 aliphatic carbocycles. The molecule has 5 N–H and O–H groups in total. The molecule has 0 aliphatic heterocycles. The van der Waals surface area contributed by atoms with E-state index in [1.807, 2.05) is 88.4 Å². The van der Waals surface area contributed by atoms with Crippen molar-refractivity contribution < 1.29 is 81.1 Å². The predicted molar refractivity (Wildman–Crippen MR) is 460 cm³/mol. The third-order valence-electron chi connectivity index (χ3n) is 18.7. The largest absolute Gasteiger partial charge is 0.480 e. The number of halogens is 7. The van der Waals surface area contributed by atoms with E-state index in [9.17, 15) is 57.4 Å². The van der Waals surface area contributed by atoms with Crippen molar-refractivity contribution in [3.8, 4) is 62.3 Å². The number of carboxylic acid groups (broad SMARTS) is 3. The van der Waals surface area contributed by atoms with Gasteiger partial charge >= 0.3 is 29.8 Å². The molecule has 2 amide bonds. The maximum Gasteiger partial charge on any atom is 0.418 e. The number of para-hydroxylation sites is 2. The number of aryl methyl sites for hydroxylation is 4. The number of rotatable bonds is 26. The van der Waals surface area contributed by atoms with Gasteiger partial charge in [-0.3, -0.25) is 49.2 Å². The standard InChI is InChI=1S/2C17H17N2.C15H12Cl2O4.2C14H18ClNO3.C11H13F3N4O4/c2*1-18-16(14-9-5-3-6-10-14)13-17(19(18)2)15-11-7-4-8-12-15;1-9(15(18)19)20-11-3-5-12(6-4-11)21-14-7-2-10(16)8-13(14)17;2*1-3-10-6-5-7-11(4-2)14(10)16(9-13(18)19)12(17)8-15;1-3-16(4-2)9-7(17(19)20)5-6(11(12,13)14)8(15)10(9)18(21)22/h2*3-13H,1-2H3;2-9H,1H3,(H,18,19);2*5-7H,3-4,8-9H2,1-2H3,(H,18,19);5H,3-4,15H2,1-2H3/q2*+1;;;;. The van der Waals surface area contributed by atoms with Gasteiger partial charge < -0.3 is 35.4 Å². The summed E-state index contributed by atoms with van der Waals surface area (Å²) in [4.78, 5) is 80.2. The van der Waals surface area contributed by atoms with Gasteiger partial charge in [0.05, 0.1) is 45.9 Å². The zero-order chi connectivity index (χ0) is 88.0. The predicted octanol–water partition coefficient (Wildman–Crippen LogP) is 18.9. The van der Waals surface area contributed by atoms with E-state index in [1.54, 1.807) is 56.3 Å². The molecule has 11 rings (SSSR count). The topological polar surface area (TPSA) is 304 Å². The molecule has 0 aliphatic rings. The number of carbonyl (C=O) groups is 5. The number of carbonyl (C=O) groups excluding carboxylic acids is 2. The summed E-state index contributed by atoms with van der Waals surface area (Å²) in [6.07, 6.45) is -3.03. The van der Waals surface area contributed by atoms with Crippen LogP contribution < -0.4 is 39.3 Å². The lowest BCUT2D eigenvalue weighted by atomic mass is 10.0. The summed E-state index contributed by atoms with van der Waals surface area (Å²) in [6, 6.07) is 69.6. The fourth-order valence-corrected chi connectivity index (χ4v) is 13.2. The summed E-state index contributed by atoms with van der Waals surface area (Å²) in [5, 5.41) is 49.9. The summed E-state index contributed by atoms with van der Waals surface area (Å²) in [5.41, 5.74) is 15.0. The highest BCUT2D eigenvalue weighted by Gasteiger charge is 2.43. The number of anilines is 4. The molecule has 0 spiro atoms. The maximum atomic E-state index is 12.9. The van der Waals surface area contributed by atoms with Crippen LogP contribution in [0.5, 0.6) is 17.2 Å². The molecule has 2 heterocycles. The van der Waals surface area contributed by atoms with Crippen molar-refractivity contribution >= 4 is 110 Å². The average Bonchev–Trinajstić information content (AvgIpc) is 1.68. The molecule has 31 heteroatoms. The minimum Gasteiger partial charge on any atom is -0.480 e. The normalized spacial score (nSPS) is 10.8. The van der Waals surface area contributed by atoms with Crippen molar-refractivity contribution in [2.75, 3.05) is 58.4 Å². The lowest BCUT2D eigenvalue weighted by Gasteiger charge is -2.25. The van der Waals surface area contributed by atoms with E-state index in [0.717, 1.165) is 47.9 Å². The van der Waals surface area contributed by atoms with Crippen molar-refractivity contribution in [1.82, 2.24) is 9.36 Å². The van der Waals surface area contributed by atoms with Crippen molar-refractivity contribution in [2.24, 2.45) is 28.2 Å². The average molecular weight is 1720 g/mol. The van der Waals surface area contributed by atoms with E-state index in [-0.39, 0.29) is 55.8 Å². The van der Waals surface area contributed by atoms with Gasteiger partial charge in [0.15, 0.2) is 25.9 Å². The Hall–Kier alpha value is -12.3. The second-order valence-electron chi connectivity index (χ2n) is 26.2. The summed E-state index contributed by atoms with van der Waals surface area (Å²) >= 11 is 23.0. The molecule has 0 saturated heterocycles. The van der Waals surface area contributed by atoms with Crippen molar-refractivity contribution in [3.63, 3.8) is 0 Å². The third-order valence-corrected chi connectivity index (χ3v) is 19.7. The summed E-state index contributed by atoms with van der Waals surface area (Å²) < 4.78 is 58.2. The van der Waals surface area contributed by atoms with Gasteiger partial charge in [-0.05, 0) is 135 Å². The third kappa shape index (κ3) is 26.1. The second kappa shape index (κ2) is 46.0. The number of hydrogen-bond donors (Lipinski definition) is 4. The molecule has 11 aromatic rings. The molecular formula is C88H95Cl4F3N10O14+2. The molecule has 628 valence electrons. The Labute approximate surface area is 708 Å². The van der Waals surface area contributed by atoms with E-state index >= 15 is 0 Å². The number of carboxylic acids is 3. The van der Waals surface area contributed by atoms with Crippen LogP contribution in [0.4, 0.5) is 47.3 Å². The van der Waals surface area contributed by atoms with Gasteiger partial charge in [0.1, 0.15) is 59.2 Å². The van der Waals surface area contributed by atoms with Crippen LogP contribution >= 0.6 is 46.4 Å². The quantitative estimate of drug-likeness (QED) is 0.0129. The number of benzene rings is 9. The molecule has 9 aromatic carbocycles. The van der Waals surface area contributed by atoms with Crippen LogP contribution in [-0.2, 0) is 84.0 Å². The molecule has 0 bridgehead atoms. The number of nitro groups is 2. The van der Waals surface area contributed by atoms with Crippen LogP contribution in [0.2, 0.25) is 10.0 Å². The van der Waals surface area contributed by atoms with Gasteiger partial charge in [-0.2, -0.15) is 22.5 Å². The van der Waals surface area contributed by atoms with Crippen molar-refractivity contribution in [1.29, 1.82) is 0 Å². The van der Waals surface area contributed by atoms with E-state index in [2.05, 4.69) is 156 Å². The Morgan fingerprint density at radius 3 is 1.20 bits per heavy atom. The van der Waals surface area contributed by atoms with Gasteiger partial charge in [0.25, 0.3) is 5.69 Å². The molecule has 24 nitrogen and oxygen atoms in total. The monoisotopic (exact) mass is 1710 g/mol. The Kier molecular flexibility index (Phi) is 36.9. The SMILES string of the molecule is CC(Oc1ccc(Oc2ccc(Cl)cc2Cl)cc1)C(=O)O.CCN(CC)c1c([N+](=O)[O-])cc(C(F)(F)F)c(N)c1[N+](=O)[O-].CCc1cccc(CC)c1N(CC(=O)O)C(=O)CCl.CCc1cccc(CC)c1N(CC(=O)O)C(=O)CCl.Cn1c(-c2ccccc2)cc(-c2ccccc2)[n+]1C.Cn1c(-c2ccccc2)cc(-c2ccccc2)[n+]1C. The number of nitrogens with zero attached hydrogens (tertiary/aromatic N) is 9. The summed E-state index contributed by atoms with van der Waals surface area (Å²) in [5.74, 6) is -2.88. The van der Waals surface area contributed by atoms with Crippen LogP contribution in [0, 0.1) is 20.2 Å². The first-order chi connectivity index (χ1) is 56.6. The number of nitro benzene ring substituents is 2. The van der Waals surface area contributed by atoms with E-state index in [1.165, 1.54) is 66.7 Å². The molecule has 1 atom stereocenters. The highest BCUT2D eigenvalue weighted by molar-refractivity contribution is 6.35. The number of hydrogen-bond acceptors (Lipinski definition) is 13. The molecule has 0 radical (unpaired) electrons. The molecule has 2 aromatic heterocycles. The number of ether oxygens (including phenoxy) is 2. The van der Waals surface area contributed by atoms with E-state index in [0.29, 0.717) is 38.7 Å². The maximum absolute atomic E-state index is 12.9. The highest BCUT2D eigenvalue weighted by Crippen LogP contribution is 2.48. The summed E-state index contributed by atoms with van der Waals surface area (Å²) in [6.45, 7) is 12.0. The number of nitrogen functional groups attached to an aromatic ring is 1. The minimum absolute atomic E-state index is 0.128. The van der Waals surface area contributed by atoms with E-state index in [4.69, 9.17) is 76.9 Å². The zero-order valence-electron chi connectivity index (χ0n) is 67.5. The van der Waals surface area contributed by atoms with Crippen molar-refractivity contribution in [2.45, 2.75) is 86.4 Å². The first-order valence-electron chi connectivity index (χ1n) is 37.6. The first kappa shape index (κ1) is 95.5. The fourth-order valence-electron chi connectivity index (χ4n) is 12.5. The number of amides is 2. The zero-order valence-corrected chi connectivity index (χ0v) is 70.5. The molecular weight excluding hydrogens is 1620 g/mol. The second-order valence-corrected chi connectivity index (χ2v) is 27.5. The van der Waals surface area contributed by atoms with Crippen LogP contribution in [0.3, 0.4) is 0 Å². The van der Waals surface area contributed by atoms with Gasteiger partial charge in [-0.1, -0.05) is 184 Å². The lowest BCUT2D eigenvalue weighted by Crippen LogP contribution is -2.39. The molecule has 1 unspecified atom stereocenters. The minimum atomic E-state index is -5.04. The van der Waals surface area contributed by atoms with Crippen LogP contribution in [0.15, 0.2) is 218 Å². The number of alkyl halides is 5. The van der Waals surface area contributed by atoms with Gasteiger partial charge in [-0.15, -0.1) is 32.6 Å². The molecule has 119 heavy (non-hydrogen) atoms. The van der Waals surface area contributed by atoms with Gasteiger partial charge in [0, 0.05) is 58.6 Å².